The van der Waals surface area contributed by atoms with Crippen molar-refractivity contribution in [1.82, 2.24) is 16.0 Å². The van der Waals surface area contributed by atoms with Crippen molar-refractivity contribution in [2.24, 2.45) is 11.3 Å². The van der Waals surface area contributed by atoms with Crippen LogP contribution < -0.4 is 20.7 Å². The van der Waals surface area contributed by atoms with Crippen molar-refractivity contribution in [2.75, 3.05) is 26.2 Å². The predicted octanol–water partition coefficient (Wildman–Crippen LogP) is 1.39. The molecule has 27 heavy (non-hydrogen) atoms. The number of carbonyl (C=O) groups excluding carboxylic acids is 2. The Hall–Kier alpha value is -2.08. The van der Waals surface area contributed by atoms with Gasteiger partial charge in [-0.15, -0.1) is 0 Å². The van der Waals surface area contributed by atoms with E-state index in [0.29, 0.717) is 23.8 Å². The highest BCUT2D eigenvalue weighted by atomic mass is 16.5. The van der Waals surface area contributed by atoms with Crippen molar-refractivity contribution in [1.29, 1.82) is 0 Å². The fourth-order valence-corrected chi connectivity index (χ4v) is 4.05. The summed E-state index contributed by atoms with van der Waals surface area (Å²) in [4.78, 5) is 24.0. The van der Waals surface area contributed by atoms with Crippen molar-refractivity contribution in [3.8, 4) is 5.75 Å². The minimum Gasteiger partial charge on any atom is -0.484 e. The molecule has 0 aromatic heterocycles. The second-order valence-corrected chi connectivity index (χ2v) is 8.18. The van der Waals surface area contributed by atoms with E-state index in [2.05, 4.69) is 16.0 Å². The highest BCUT2D eigenvalue weighted by Gasteiger charge is 2.57. The van der Waals surface area contributed by atoms with E-state index < -0.39 is 0 Å². The zero-order valence-corrected chi connectivity index (χ0v) is 15.8. The average Bonchev–Trinajstić information content (AvgIpc) is 3.60. The van der Waals surface area contributed by atoms with E-state index in [4.69, 9.17) is 4.74 Å². The molecule has 3 aliphatic rings. The molecule has 3 N–H and O–H groups in total. The standard InChI is InChI=1S/C21H29N3O3/c25-19(24-16-3-4-16)14-27-17-5-1-15(2-6-17)7-10-23-20(26)18-13-21(18)8-11-22-12-9-21/h1-2,5-6,16,18,22H,3-4,7-14H2,(H,23,26)(H,24,25). The molecule has 1 spiro atoms. The van der Waals surface area contributed by atoms with Crippen LogP contribution in [0.1, 0.15) is 37.7 Å². The number of hydrogen-bond acceptors (Lipinski definition) is 4. The molecule has 1 atom stereocenters. The number of amides is 2. The van der Waals surface area contributed by atoms with Gasteiger partial charge >= 0.3 is 0 Å². The lowest BCUT2D eigenvalue weighted by Crippen LogP contribution is -2.34. The van der Waals surface area contributed by atoms with Crippen LogP contribution in [0.2, 0.25) is 0 Å². The second-order valence-electron chi connectivity index (χ2n) is 8.18. The molecule has 3 fully saturated rings. The van der Waals surface area contributed by atoms with Gasteiger partial charge in [-0.05, 0) is 74.7 Å². The zero-order valence-electron chi connectivity index (χ0n) is 15.8. The maximum atomic E-state index is 12.4. The minimum absolute atomic E-state index is 0.0594. The number of carbonyl (C=O) groups is 2. The molecule has 6 nitrogen and oxygen atoms in total. The summed E-state index contributed by atoms with van der Waals surface area (Å²) in [6, 6.07) is 8.11. The van der Waals surface area contributed by atoms with Gasteiger partial charge < -0.3 is 20.7 Å². The molecule has 0 radical (unpaired) electrons. The van der Waals surface area contributed by atoms with Crippen LogP contribution in [0.5, 0.6) is 5.75 Å². The van der Waals surface area contributed by atoms with E-state index in [1.54, 1.807) is 0 Å². The number of rotatable bonds is 8. The third kappa shape index (κ3) is 4.80. The molecule has 1 unspecified atom stereocenters. The molecule has 2 aliphatic carbocycles. The third-order valence-electron chi connectivity index (χ3n) is 6.05. The summed E-state index contributed by atoms with van der Waals surface area (Å²) in [5.74, 6) is 1.08. The molecular weight excluding hydrogens is 342 g/mol. The third-order valence-corrected chi connectivity index (χ3v) is 6.05. The molecular formula is C21H29N3O3. The van der Waals surface area contributed by atoms with Gasteiger partial charge in [-0.3, -0.25) is 9.59 Å². The predicted molar refractivity (Wildman–Crippen MR) is 102 cm³/mol. The fourth-order valence-electron chi connectivity index (χ4n) is 4.05. The van der Waals surface area contributed by atoms with Gasteiger partial charge in [0.25, 0.3) is 5.91 Å². The van der Waals surface area contributed by atoms with Crippen LogP contribution >= 0.6 is 0 Å². The molecule has 1 aliphatic heterocycles. The number of benzene rings is 1. The summed E-state index contributed by atoms with van der Waals surface area (Å²) in [7, 11) is 0. The van der Waals surface area contributed by atoms with Gasteiger partial charge in [0, 0.05) is 18.5 Å². The van der Waals surface area contributed by atoms with Crippen LogP contribution in [0.15, 0.2) is 24.3 Å². The number of hydrogen-bond donors (Lipinski definition) is 3. The first-order valence-electron chi connectivity index (χ1n) is 10.1. The van der Waals surface area contributed by atoms with Crippen LogP contribution in [-0.4, -0.2) is 44.1 Å². The van der Waals surface area contributed by atoms with E-state index >= 15 is 0 Å². The number of nitrogens with one attached hydrogen (secondary N) is 3. The first kappa shape index (κ1) is 18.3. The van der Waals surface area contributed by atoms with Gasteiger partial charge in [-0.25, -0.2) is 0 Å². The van der Waals surface area contributed by atoms with E-state index in [0.717, 1.165) is 57.2 Å². The lowest BCUT2D eigenvalue weighted by Gasteiger charge is -2.23. The molecule has 146 valence electrons. The van der Waals surface area contributed by atoms with Crippen LogP contribution in [0.4, 0.5) is 0 Å². The summed E-state index contributed by atoms with van der Waals surface area (Å²) in [5, 5.41) is 9.37. The van der Waals surface area contributed by atoms with Crippen LogP contribution in [0.25, 0.3) is 0 Å². The first-order chi connectivity index (χ1) is 13.1. The van der Waals surface area contributed by atoms with Crippen molar-refractivity contribution in [3.05, 3.63) is 29.8 Å². The molecule has 0 bridgehead atoms. The number of ether oxygens (including phenoxy) is 1. The SMILES string of the molecule is O=C(COc1ccc(CCNC(=O)C2CC23CCNCC3)cc1)NC1CC1. The molecule has 2 saturated carbocycles. The van der Waals surface area contributed by atoms with Gasteiger partial charge in [0.05, 0.1) is 0 Å². The Bertz CT molecular complexity index is 678. The van der Waals surface area contributed by atoms with E-state index in [9.17, 15) is 9.59 Å². The quantitative estimate of drug-likeness (QED) is 0.645. The summed E-state index contributed by atoms with van der Waals surface area (Å²) < 4.78 is 5.51. The molecule has 4 rings (SSSR count). The largest absolute Gasteiger partial charge is 0.484 e. The summed E-state index contributed by atoms with van der Waals surface area (Å²) in [5.41, 5.74) is 1.44. The Morgan fingerprint density at radius 1 is 1.15 bits per heavy atom. The van der Waals surface area contributed by atoms with Gasteiger partial charge in [-0.2, -0.15) is 0 Å². The van der Waals surface area contributed by atoms with E-state index in [1.807, 2.05) is 24.3 Å². The van der Waals surface area contributed by atoms with Gasteiger partial charge in [0.15, 0.2) is 6.61 Å². The van der Waals surface area contributed by atoms with Crippen molar-refractivity contribution >= 4 is 11.8 Å². The van der Waals surface area contributed by atoms with Crippen LogP contribution in [-0.2, 0) is 16.0 Å². The molecule has 1 aromatic rings. The summed E-state index contributed by atoms with van der Waals surface area (Å²) in [6.07, 6.45) is 6.28. The first-order valence-corrected chi connectivity index (χ1v) is 10.1. The second kappa shape index (κ2) is 7.89. The van der Waals surface area contributed by atoms with Crippen molar-refractivity contribution in [3.63, 3.8) is 0 Å². The maximum absolute atomic E-state index is 12.4. The minimum atomic E-state index is -0.0594. The Labute approximate surface area is 160 Å². The summed E-state index contributed by atoms with van der Waals surface area (Å²) >= 11 is 0. The Morgan fingerprint density at radius 2 is 1.89 bits per heavy atom. The molecule has 1 saturated heterocycles. The highest BCUT2D eigenvalue weighted by molar-refractivity contribution is 5.82. The Kier molecular flexibility index (Phi) is 5.34. The van der Waals surface area contributed by atoms with E-state index in [1.165, 1.54) is 0 Å². The topological polar surface area (TPSA) is 79.5 Å². The van der Waals surface area contributed by atoms with Gasteiger partial charge in [0.2, 0.25) is 5.91 Å². The van der Waals surface area contributed by atoms with Crippen molar-refractivity contribution in [2.45, 2.75) is 44.6 Å². The number of piperidine rings is 1. The fraction of sp³-hybridized carbons (Fsp3) is 0.619. The molecule has 1 aromatic carbocycles. The normalized spacial score (nSPS) is 22.9. The lowest BCUT2D eigenvalue weighted by atomic mass is 9.92. The zero-order chi connectivity index (χ0) is 18.7. The van der Waals surface area contributed by atoms with Crippen molar-refractivity contribution < 1.29 is 14.3 Å². The van der Waals surface area contributed by atoms with E-state index in [-0.39, 0.29) is 24.3 Å². The van der Waals surface area contributed by atoms with Crippen LogP contribution in [0.3, 0.4) is 0 Å². The van der Waals surface area contributed by atoms with Gasteiger partial charge in [-0.1, -0.05) is 12.1 Å². The average molecular weight is 371 g/mol. The smallest absolute Gasteiger partial charge is 0.258 e. The summed E-state index contributed by atoms with van der Waals surface area (Å²) in [6.45, 7) is 2.80. The monoisotopic (exact) mass is 371 g/mol. The lowest BCUT2D eigenvalue weighted by molar-refractivity contribution is -0.124. The van der Waals surface area contributed by atoms with Gasteiger partial charge in [0.1, 0.15) is 5.75 Å². The highest BCUT2D eigenvalue weighted by Crippen LogP contribution is 2.58. The molecule has 2 amide bonds. The van der Waals surface area contributed by atoms with Crippen LogP contribution in [0, 0.1) is 11.3 Å². The Balaban J connectivity index is 1.14. The Morgan fingerprint density at radius 3 is 2.59 bits per heavy atom. The molecule has 6 heteroatoms. The molecule has 1 heterocycles. The maximum Gasteiger partial charge on any atom is 0.258 e.